The minimum absolute atomic E-state index is 0.189. The maximum atomic E-state index is 12.9. The predicted octanol–water partition coefficient (Wildman–Crippen LogP) is 2.72. The van der Waals surface area contributed by atoms with Crippen LogP contribution in [0.2, 0.25) is 0 Å². The van der Waals surface area contributed by atoms with Crippen LogP contribution in [0, 0.1) is 0 Å². The van der Waals surface area contributed by atoms with Crippen LogP contribution in [-0.4, -0.2) is 12.8 Å². The molecule has 1 nitrogen and oxygen atoms in total. The Morgan fingerprint density at radius 2 is 2.33 bits per heavy atom. The molecule has 0 saturated carbocycles. The van der Waals surface area contributed by atoms with Crippen molar-refractivity contribution >= 4 is 15.9 Å². The number of fused-ring (bicyclic) bond motifs is 1. The zero-order chi connectivity index (χ0) is 8.55. The smallest absolute Gasteiger partial charge is 0.138 e. The third-order valence-electron chi connectivity index (χ3n) is 1.88. The van der Waals surface area contributed by atoms with E-state index < -0.39 is 6.17 Å². The van der Waals surface area contributed by atoms with Crippen molar-refractivity contribution in [3.8, 4) is 5.75 Å². The Kier molecular flexibility index (Phi) is 2.05. The van der Waals surface area contributed by atoms with Crippen LogP contribution in [0.25, 0.3) is 0 Å². The van der Waals surface area contributed by atoms with E-state index in [1.54, 1.807) is 0 Å². The van der Waals surface area contributed by atoms with Gasteiger partial charge in [0.05, 0.1) is 0 Å². The Hall–Kier alpha value is -0.570. The van der Waals surface area contributed by atoms with Crippen molar-refractivity contribution in [3.05, 3.63) is 28.2 Å². The fourth-order valence-corrected chi connectivity index (χ4v) is 1.73. The van der Waals surface area contributed by atoms with Crippen LogP contribution < -0.4 is 4.74 Å². The predicted molar refractivity (Wildman–Crippen MR) is 48.2 cm³/mol. The third kappa shape index (κ3) is 1.46. The minimum atomic E-state index is -0.855. The van der Waals surface area contributed by atoms with E-state index >= 15 is 0 Å². The van der Waals surface area contributed by atoms with Gasteiger partial charge in [0.15, 0.2) is 0 Å². The van der Waals surface area contributed by atoms with Crippen molar-refractivity contribution in [1.29, 1.82) is 0 Å². The highest BCUT2D eigenvalue weighted by Gasteiger charge is 2.18. The fraction of sp³-hybridized carbons (Fsp3) is 0.333. The first-order chi connectivity index (χ1) is 5.75. The molecule has 0 radical (unpaired) electrons. The van der Waals surface area contributed by atoms with Crippen LogP contribution in [0.1, 0.15) is 5.56 Å². The lowest BCUT2D eigenvalue weighted by molar-refractivity contribution is 0.173. The van der Waals surface area contributed by atoms with E-state index in [9.17, 15) is 4.39 Å². The lowest BCUT2D eigenvalue weighted by Gasteiger charge is -2.20. The monoisotopic (exact) mass is 230 g/mol. The van der Waals surface area contributed by atoms with Crippen molar-refractivity contribution in [2.45, 2.75) is 12.6 Å². The second-order valence-electron chi connectivity index (χ2n) is 2.86. The minimum Gasteiger partial charge on any atom is -0.490 e. The van der Waals surface area contributed by atoms with Crippen molar-refractivity contribution in [3.63, 3.8) is 0 Å². The summed E-state index contributed by atoms with van der Waals surface area (Å²) in [6.07, 6.45) is -0.388. The fourth-order valence-electron chi connectivity index (χ4n) is 1.33. The molecular formula is C9H8BrFO. The van der Waals surface area contributed by atoms with E-state index in [0.29, 0.717) is 6.42 Å². The van der Waals surface area contributed by atoms with E-state index in [4.69, 9.17) is 4.74 Å². The van der Waals surface area contributed by atoms with Gasteiger partial charge in [-0.15, -0.1) is 0 Å². The topological polar surface area (TPSA) is 9.23 Å². The van der Waals surface area contributed by atoms with E-state index in [0.717, 1.165) is 15.8 Å². The van der Waals surface area contributed by atoms with Gasteiger partial charge in [-0.25, -0.2) is 4.39 Å². The quantitative estimate of drug-likeness (QED) is 0.667. The molecule has 0 fully saturated rings. The van der Waals surface area contributed by atoms with Gasteiger partial charge in [0, 0.05) is 10.9 Å². The Labute approximate surface area is 78.7 Å². The SMILES string of the molecule is FC1COc2ccc(Br)cc2C1. The summed E-state index contributed by atoms with van der Waals surface area (Å²) in [5.41, 5.74) is 0.947. The summed E-state index contributed by atoms with van der Waals surface area (Å²) in [5, 5.41) is 0. The van der Waals surface area contributed by atoms with Gasteiger partial charge in [-0.05, 0) is 23.8 Å². The summed E-state index contributed by atoms with van der Waals surface area (Å²) in [6.45, 7) is 0.189. The molecule has 0 N–H and O–H groups in total. The molecule has 64 valence electrons. The molecular weight excluding hydrogens is 223 g/mol. The lowest BCUT2D eigenvalue weighted by Crippen LogP contribution is -2.21. The van der Waals surface area contributed by atoms with Crippen LogP contribution in [-0.2, 0) is 6.42 Å². The van der Waals surface area contributed by atoms with E-state index in [1.165, 1.54) is 0 Å². The van der Waals surface area contributed by atoms with Crippen LogP contribution in [0.5, 0.6) is 5.75 Å². The Balaban J connectivity index is 2.37. The molecule has 0 aliphatic carbocycles. The zero-order valence-corrected chi connectivity index (χ0v) is 7.97. The third-order valence-corrected chi connectivity index (χ3v) is 2.38. The highest BCUT2D eigenvalue weighted by atomic mass is 79.9. The van der Waals surface area contributed by atoms with Gasteiger partial charge in [0.1, 0.15) is 18.5 Å². The summed E-state index contributed by atoms with van der Waals surface area (Å²) < 4.78 is 19.0. The summed E-state index contributed by atoms with van der Waals surface area (Å²) in [5.74, 6) is 0.812. The molecule has 0 aromatic heterocycles. The van der Waals surface area contributed by atoms with E-state index in [1.807, 2.05) is 18.2 Å². The summed E-state index contributed by atoms with van der Waals surface area (Å²) in [7, 11) is 0. The van der Waals surface area contributed by atoms with Crippen molar-refractivity contribution in [2.24, 2.45) is 0 Å². The molecule has 0 spiro atoms. The average Bonchev–Trinajstić information content (AvgIpc) is 2.03. The standard InChI is InChI=1S/C9H8BrFO/c10-7-1-2-9-6(3-7)4-8(11)5-12-9/h1-3,8H,4-5H2. The molecule has 0 saturated heterocycles. The molecule has 1 atom stereocenters. The first kappa shape index (κ1) is 8.05. The molecule has 1 aliphatic heterocycles. The van der Waals surface area contributed by atoms with Crippen LogP contribution >= 0.6 is 15.9 Å². The normalized spacial score (nSPS) is 21.3. The maximum Gasteiger partial charge on any atom is 0.138 e. The van der Waals surface area contributed by atoms with Gasteiger partial charge in [0.25, 0.3) is 0 Å². The number of halogens is 2. The van der Waals surface area contributed by atoms with Gasteiger partial charge < -0.3 is 4.74 Å². The van der Waals surface area contributed by atoms with Gasteiger partial charge >= 0.3 is 0 Å². The average molecular weight is 231 g/mol. The molecule has 1 unspecified atom stereocenters. The van der Waals surface area contributed by atoms with Crippen molar-refractivity contribution < 1.29 is 9.13 Å². The molecule has 3 heteroatoms. The number of rotatable bonds is 0. The molecule has 1 heterocycles. The zero-order valence-electron chi connectivity index (χ0n) is 6.39. The van der Waals surface area contributed by atoms with Gasteiger partial charge in [0.2, 0.25) is 0 Å². The molecule has 2 rings (SSSR count). The molecule has 1 aliphatic rings. The summed E-state index contributed by atoms with van der Waals surface area (Å²) >= 11 is 3.33. The largest absolute Gasteiger partial charge is 0.490 e. The number of hydrogen-bond donors (Lipinski definition) is 0. The molecule has 0 bridgehead atoms. The highest BCUT2D eigenvalue weighted by molar-refractivity contribution is 9.10. The maximum absolute atomic E-state index is 12.9. The number of alkyl halides is 1. The lowest BCUT2D eigenvalue weighted by atomic mass is 10.1. The molecule has 12 heavy (non-hydrogen) atoms. The second kappa shape index (κ2) is 3.05. The summed E-state index contributed by atoms with van der Waals surface area (Å²) in [6, 6.07) is 5.67. The Bertz CT molecular complexity index is 301. The van der Waals surface area contributed by atoms with Crippen molar-refractivity contribution in [2.75, 3.05) is 6.61 Å². The van der Waals surface area contributed by atoms with Crippen LogP contribution in [0.15, 0.2) is 22.7 Å². The molecule has 1 aromatic rings. The molecule has 0 amide bonds. The summed E-state index contributed by atoms with van der Waals surface area (Å²) in [4.78, 5) is 0. The van der Waals surface area contributed by atoms with E-state index in [-0.39, 0.29) is 6.61 Å². The Morgan fingerprint density at radius 1 is 1.50 bits per heavy atom. The highest BCUT2D eigenvalue weighted by Crippen LogP contribution is 2.28. The van der Waals surface area contributed by atoms with Crippen LogP contribution in [0.4, 0.5) is 4.39 Å². The number of benzene rings is 1. The van der Waals surface area contributed by atoms with E-state index in [2.05, 4.69) is 15.9 Å². The first-order valence-electron chi connectivity index (χ1n) is 3.81. The molecule has 1 aromatic carbocycles. The van der Waals surface area contributed by atoms with Crippen LogP contribution in [0.3, 0.4) is 0 Å². The first-order valence-corrected chi connectivity index (χ1v) is 4.60. The second-order valence-corrected chi connectivity index (χ2v) is 3.78. The van der Waals surface area contributed by atoms with Crippen molar-refractivity contribution in [1.82, 2.24) is 0 Å². The van der Waals surface area contributed by atoms with Gasteiger partial charge in [-0.2, -0.15) is 0 Å². The number of hydrogen-bond acceptors (Lipinski definition) is 1. The van der Waals surface area contributed by atoms with Gasteiger partial charge in [-0.3, -0.25) is 0 Å². The Morgan fingerprint density at radius 3 is 3.17 bits per heavy atom. The van der Waals surface area contributed by atoms with Gasteiger partial charge in [-0.1, -0.05) is 15.9 Å². The number of ether oxygens (including phenoxy) is 1.